The summed E-state index contributed by atoms with van der Waals surface area (Å²) in [4.78, 5) is 10.7. The van der Waals surface area contributed by atoms with Crippen molar-refractivity contribution in [1.29, 1.82) is 0 Å². The third-order valence-electron chi connectivity index (χ3n) is 2.82. The Bertz CT molecular complexity index is 385. The Balaban J connectivity index is 2.95. The van der Waals surface area contributed by atoms with Gasteiger partial charge in [0.05, 0.1) is 13.0 Å². The number of rotatable bonds is 6. The van der Waals surface area contributed by atoms with Crippen LogP contribution in [-0.2, 0) is 11.2 Å². The molecule has 0 saturated heterocycles. The molecule has 0 heterocycles. The molecule has 94 valence electrons. The van der Waals surface area contributed by atoms with E-state index in [4.69, 9.17) is 9.84 Å². The minimum atomic E-state index is -0.756. The van der Waals surface area contributed by atoms with Gasteiger partial charge in [-0.05, 0) is 42.5 Å². The maximum atomic E-state index is 10.7. The van der Waals surface area contributed by atoms with Crippen molar-refractivity contribution >= 4 is 5.97 Å². The molecule has 1 unspecified atom stereocenters. The summed E-state index contributed by atoms with van der Waals surface area (Å²) in [7, 11) is 0. The molecule has 0 saturated carbocycles. The summed E-state index contributed by atoms with van der Waals surface area (Å²) in [5, 5.41) is 8.82. The lowest BCUT2D eigenvalue weighted by Gasteiger charge is -2.15. The molecule has 1 aromatic rings. The quantitative estimate of drug-likeness (QED) is 0.824. The maximum Gasteiger partial charge on any atom is 0.303 e. The van der Waals surface area contributed by atoms with Crippen LogP contribution in [0.2, 0.25) is 0 Å². The van der Waals surface area contributed by atoms with Crippen molar-refractivity contribution in [3.8, 4) is 5.75 Å². The van der Waals surface area contributed by atoms with E-state index in [1.807, 2.05) is 32.0 Å². The van der Waals surface area contributed by atoms with Crippen molar-refractivity contribution < 1.29 is 14.6 Å². The highest BCUT2D eigenvalue weighted by Crippen LogP contribution is 2.27. The fourth-order valence-corrected chi connectivity index (χ4v) is 2.00. The maximum absolute atomic E-state index is 10.7. The number of carboxylic acid groups (broad SMARTS) is 1. The molecule has 0 spiro atoms. The van der Waals surface area contributed by atoms with Crippen LogP contribution in [0.15, 0.2) is 18.2 Å². The smallest absolute Gasteiger partial charge is 0.303 e. The Labute approximate surface area is 102 Å². The summed E-state index contributed by atoms with van der Waals surface area (Å²) >= 11 is 0. The van der Waals surface area contributed by atoms with Gasteiger partial charge in [0.25, 0.3) is 0 Å². The first kappa shape index (κ1) is 13.6. The molecule has 3 heteroatoms. The summed E-state index contributed by atoms with van der Waals surface area (Å²) in [5.74, 6) is 0.141. The van der Waals surface area contributed by atoms with Crippen LogP contribution in [0, 0.1) is 0 Å². The molecule has 0 aliphatic heterocycles. The summed E-state index contributed by atoms with van der Waals surface area (Å²) < 4.78 is 5.45. The lowest BCUT2D eigenvalue weighted by Crippen LogP contribution is -2.06. The third-order valence-corrected chi connectivity index (χ3v) is 2.82. The van der Waals surface area contributed by atoms with Gasteiger partial charge in [-0.25, -0.2) is 0 Å². The van der Waals surface area contributed by atoms with E-state index >= 15 is 0 Å². The van der Waals surface area contributed by atoms with Gasteiger partial charge in [-0.3, -0.25) is 4.79 Å². The van der Waals surface area contributed by atoms with Gasteiger partial charge in [0.2, 0.25) is 0 Å². The van der Waals surface area contributed by atoms with Crippen molar-refractivity contribution in [1.82, 2.24) is 0 Å². The highest BCUT2D eigenvalue weighted by atomic mass is 16.5. The zero-order valence-electron chi connectivity index (χ0n) is 10.7. The summed E-state index contributed by atoms with van der Waals surface area (Å²) in [6, 6.07) is 5.91. The van der Waals surface area contributed by atoms with Crippen LogP contribution >= 0.6 is 0 Å². The molecule has 0 aliphatic carbocycles. The zero-order chi connectivity index (χ0) is 12.8. The van der Waals surface area contributed by atoms with Gasteiger partial charge < -0.3 is 9.84 Å². The van der Waals surface area contributed by atoms with E-state index in [1.54, 1.807) is 0 Å². The zero-order valence-corrected chi connectivity index (χ0v) is 10.7. The number of hydrogen-bond acceptors (Lipinski definition) is 2. The number of carboxylic acids is 1. The SMILES string of the molecule is CCOc1ccc(C(C)CC(=O)O)c(CC)c1. The van der Waals surface area contributed by atoms with Crippen LogP contribution < -0.4 is 4.74 Å². The van der Waals surface area contributed by atoms with E-state index in [2.05, 4.69) is 6.92 Å². The van der Waals surface area contributed by atoms with Crippen LogP contribution in [-0.4, -0.2) is 17.7 Å². The van der Waals surface area contributed by atoms with E-state index in [9.17, 15) is 4.79 Å². The molecule has 1 N–H and O–H groups in total. The number of benzene rings is 1. The molecule has 0 aromatic heterocycles. The average molecular weight is 236 g/mol. The highest BCUT2D eigenvalue weighted by Gasteiger charge is 2.13. The van der Waals surface area contributed by atoms with Crippen LogP contribution in [0.5, 0.6) is 5.75 Å². The minimum absolute atomic E-state index is 0.0399. The summed E-state index contributed by atoms with van der Waals surface area (Å²) in [6.45, 7) is 6.62. The fraction of sp³-hybridized carbons (Fsp3) is 0.500. The Kier molecular flexibility index (Phi) is 5.01. The van der Waals surface area contributed by atoms with Crippen molar-refractivity contribution in [3.05, 3.63) is 29.3 Å². The standard InChI is InChI=1S/C14H20O3/c1-4-11-9-12(17-5-2)6-7-13(11)10(3)8-14(15)16/h6-7,9-10H,4-5,8H2,1-3H3,(H,15,16). The lowest BCUT2D eigenvalue weighted by molar-refractivity contribution is -0.137. The van der Waals surface area contributed by atoms with Gasteiger partial charge in [-0.1, -0.05) is 19.9 Å². The summed E-state index contributed by atoms with van der Waals surface area (Å²) in [6.07, 6.45) is 1.06. The second kappa shape index (κ2) is 6.28. The monoisotopic (exact) mass is 236 g/mol. The number of hydrogen-bond donors (Lipinski definition) is 1. The van der Waals surface area contributed by atoms with E-state index in [0.717, 1.165) is 17.7 Å². The van der Waals surface area contributed by atoms with Crippen molar-refractivity contribution in [3.63, 3.8) is 0 Å². The Morgan fingerprint density at radius 2 is 2.12 bits per heavy atom. The second-order valence-electron chi connectivity index (χ2n) is 4.15. The highest BCUT2D eigenvalue weighted by molar-refractivity contribution is 5.68. The van der Waals surface area contributed by atoms with Gasteiger partial charge in [0, 0.05) is 0 Å². The van der Waals surface area contributed by atoms with Crippen LogP contribution in [0.3, 0.4) is 0 Å². The molecular weight excluding hydrogens is 216 g/mol. The molecule has 3 nitrogen and oxygen atoms in total. The molecule has 17 heavy (non-hydrogen) atoms. The Morgan fingerprint density at radius 1 is 1.41 bits per heavy atom. The first-order valence-electron chi connectivity index (χ1n) is 6.05. The Hall–Kier alpha value is -1.51. The molecule has 0 fully saturated rings. The lowest BCUT2D eigenvalue weighted by atomic mass is 9.92. The number of carbonyl (C=O) groups is 1. The van der Waals surface area contributed by atoms with Gasteiger partial charge in [-0.2, -0.15) is 0 Å². The van der Waals surface area contributed by atoms with Crippen LogP contribution in [0.1, 0.15) is 44.2 Å². The first-order chi connectivity index (χ1) is 8.08. The first-order valence-corrected chi connectivity index (χ1v) is 6.05. The normalized spacial score (nSPS) is 12.2. The topological polar surface area (TPSA) is 46.5 Å². The average Bonchev–Trinajstić information content (AvgIpc) is 2.28. The molecule has 1 atom stereocenters. The summed E-state index contributed by atoms with van der Waals surface area (Å²) in [5.41, 5.74) is 2.28. The predicted molar refractivity (Wildman–Crippen MR) is 67.7 cm³/mol. The molecular formula is C14H20O3. The largest absolute Gasteiger partial charge is 0.494 e. The minimum Gasteiger partial charge on any atom is -0.494 e. The van der Waals surface area contributed by atoms with Gasteiger partial charge in [0.15, 0.2) is 0 Å². The Morgan fingerprint density at radius 3 is 2.65 bits per heavy atom. The third kappa shape index (κ3) is 3.77. The molecule has 0 bridgehead atoms. The van der Waals surface area contributed by atoms with Crippen LogP contribution in [0.4, 0.5) is 0 Å². The second-order valence-corrected chi connectivity index (χ2v) is 4.15. The molecule has 1 rings (SSSR count). The molecule has 0 amide bonds. The number of aryl methyl sites for hydroxylation is 1. The van der Waals surface area contributed by atoms with Crippen molar-refractivity contribution in [2.24, 2.45) is 0 Å². The van der Waals surface area contributed by atoms with Gasteiger partial charge in [0.1, 0.15) is 5.75 Å². The number of ether oxygens (including phenoxy) is 1. The van der Waals surface area contributed by atoms with E-state index < -0.39 is 5.97 Å². The predicted octanol–water partition coefficient (Wildman–Crippen LogP) is 3.23. The number of aliphatic carboxylic acids is 1. The van der Waals surface area contributed by atoms with Gasteiger partial charge >= 0.3 is 5.97 Å². The molecule has 1 aromatic carbocycles. The van der Waals surface area contributed by atoms with E-state index in [-0.39, 0.29) is 12.3 Å². The van der Waals surface area contributed by atoms with Crippen molar-refractivity contribution in [2.75, 3.05) is 6.61 Å². The van der Waals surface area contributed by atoms with E-state index in [0.29, 0.717) is 6.61 Å². The van der Waals surface area contributed by atoms with Gasteiger partial charge in [-0.15, -0.1) is 0 Å². The van der Waals surface area contributed by atoms with Crippen molar-refractivity contribution in [2.45, 2.75) is 39.5 Å². The molecule has 0 radical (unpaired) electrons. The fourth-order valence-electron chi connectivity index (χ4n) is 2.00. The van der Waals surface area contributed by atoms with Crippen LogP contribution in [0.25, 0.3) is 0 Å². The molecule has 0 aliphatic rings. The van der Waals surface area contributed by atoms with E-state index in [1.165, 1.54) is 5.56 Å².